The quantitative estimate of drug-likeness (QED) is 0.790. The Balaban J connectivity index is 2.52. The summed E-state index contributed by atoms with van der Waals surface area (Å²) in [7, 11) is 0. The molecule has 0 unspecified atom stereocenters. The van der Waals surface area contributed by atoms with Crippen LogP contribution in [0.4, 0.5) is 4.79 Å². The number of carboxylic acids is 1. The van der Waals surface area contributed by atoms with Gasteiger partial charge in [-0.05, 0) is 39.4 Å². The number of piperidine rings is 1. The molecule has 1 saturated heterocycles. The lowest BCUT2D eigenvalue weighted by molar-refractivity contribution is -0.152. The number of likely N-dealkylation sites (tertiary alicyclic amines) is 1. The molecule has 21 heavy (non-hydrogen) atoms. The topological polar surface area (TPSA) is 69.6 Å². The van der Waals surface area contributed by atoms with E-state index in [1.165, 1.54) is 0 Å². The number of aliphatic carboxylic acids is 1. The van der Waals surface area contributed by atoms with E-state index in [4.69, 9.17) is 0 Å². The SMILES string of the molecule is CCCC1(C(=O)O)CCN(C(=O)NCC(C)(C)SC)CC1. The van der Waals surface area contributed by atoms with Crippen LogP contribution in [-0.2, 0) is 4.79 Å². The molecule has 1 rings (SSSR count). The molecule has 5 nitrogen and oxygen atoms in total. The number of amides is 2. The standard InChI is InChI=1S/C15H28N2O3S/c1-5-6-15(12(18)19)7-9-17(10-8-15)13(20)16-11-14(2,3)21-4/h5-11H2,1-4H3,(H,16,20)(H,18,19). The molecular weight excluding hydrogens is 288 g/mol. The summed E-state index contributed by atoms with van der Waals surface area (Å²) in [5, 5.41) is 12.4. The highest BCUT2D eigenvalue weighted by atomic mass is 32.2. The average Bonchev–Trinajstić information content (AvgIpc) is 2.46. The van der Waals surface area contributed by atoms with Crippen molar-refractivity contribution in [3.63, 3.8) is 0 Å². The number of urea groups is 1. The van der Waals surface area contributed by atoms with Gasteiger partial charge in [-0.25, -0.2) is 4.79 Å². The van der Waals surface area contributed by atoms with Crippen molar-refractivity contribution in [2.45, 2.75) is 51.2 Å². The largest absolute Gasteiger partial charge is 0.481 e. The molecule has 0 atom stereocenters. The Morgan fingerprint density at radius 1 is 1.33 bits per heavy atom. The van der Waals surface area contributed by atoms with Crippen LogP contribution < -0.4 is 5.32 Å². The van der Waals surface area contributed by atoms with Gasteiger partial charge in [0, 0.05) is 24.4 Å². The van der Waals surface area contributed by atoms with E-state index in [-0.39, 0.29) is 10.8 Å². The number of carboxylic acid groups (broad SMARTS) is 1. The van der Waals surface area contributed by atoms with Gasteiger partial charge >= 0.3 is 12.0 Å². The van der Waals surface area contributed by atoms with Crippen molar-refractivity contribution in [3.8, 4) is 0 Å². The molecule has 1 heterocycles. The van der Waals surface area contributed by atoms with Gasteiger partial charge in [-0.1, -0.05) is 13.3 Å². The van der Waals surface area contributed by atoms with E-state index in [0.717, 1.165) is 6.42 Å². The van der Waals surface area contributed by atoms with Crippen LogP contribution in [0, 0.1) is 5.41 Å². The molecule has 2 N–H and O–H groups in total. The monoisotopic (exact) mass is 316 g/mol. The lowest BCUT2D eigenvalue weighted by Gasteiger charge is -2.39. The highest BCUT2D eigenvalue weighted by Crippen LogP contribution is 2.36. The molecule has 2 amide bonds. The smallest absolute Gasteiger partial charge is 0.317 e. The molecule has 6 heteroatoms. The second-order valence-corrected chi connectivity index (χ2v) is 7.96. The minimum Gasteiger partial charge on any atom is -0.481 e. The minimum atomic E-state index is -0.715. The number of carbonyl (C=O) groups excluding carboxylic acids is 1. The van der Waals surface area contributed by atoms with Gasteiger partial charge in [-0.3, -0.25) is 4.79 Å². The molecular formula is C15H28N2O3S. The van der Waals surface area contributed by atoms with Crippen molar-refractivity contribution >= 4 is 23.8 Å². The van der Waals surface area contributed by atoms with E-state index in [9.17, 15) is 14.7 Å². The fourth-order valence-electron chi connectivity index (χ4n) is 2.66. The summed E-state index contributed by atoms with van der Waals surface area (Å²) in [6.07, 6.45) is 4.68. The highest BCUT2D eigenvalue weighted by Gasteiger charge is 2.41. The van der Waals surface area contributed by atoms with Gasteiger partial charge in [-0.15, -0.1) is 0 Å². The Morgan fingerprint density at radius 3 is 2.33 bits per heavy atom. The van der Waals surface area contributed by atoms with Crippen LogP contribution in [0.5, 0.6) is 0 Å². The summed E-state index contributed by atoms with van der Waals surface area (Å²) in [6.45, 7) is 7.85. The summed E-state index contributed by atoms with van der Waals surface area (Å²) in [5.74, 6) is -0.715. The van der Waals surface area contributed by atoms with Crippen molar-refractivity contribution in [2.24, 2.45) is 5.41 Å². The molecule has 0 aromatic carbocycles. The molecule has 0 aromatic heterocycles. The van der Waals surface area contributed by atoms with Crippen molar-refractivity contribution in [1.82, 2.24) is 10.2 Å². The van der Waals surface area contributed by atoms with E-state index in [1.54, 1.807) is 16.7 Å². The zero-order valence-electron chi connectivity index (χ0n) is 13.6. The molecule has 1 fully saturated rings. The van der Waals surface area contributed by atoms with Gasteiger partial charge in [0.2, 0.25) is 0 Å². The fourth-order valence-corrected chi connectivity index (χ4v) is 2.88. The number of thioether (sulfide) groups is 1. The molecule has 0 spiro atoms. The van der Waals surface area contributed by atoms with Gasteiger partial charge in [-0.2, -0.15) is 11.8 Å². The average molecular weight is 316 g/mol. The van der Waals surface area contributed by atoms with E-state index >= 15 is 0 Å². The first-order valence-corrected chi connectivity index (χ1v) is 8.80. The summed E-state index contributed by atoms with van der Waals surface area (Å²) >= 11 is 1.72. The van der Waals surface area contributed by atoms with Crippen molar-refractivity contribution in [3.05, 3.63) is 0 Å². The van der Waals surface area contributed by atoms with Crippen LogP contribution in [0.1, 0.15) is 46.5 Å². The van der Waals surface area contributed by atoms with Gasteiger partial charge in [0.25, 0.3) is 0 Å². The number of nitrogens with zero attached hydrogens (tertiary/aromatic N) is 1. The van der Waals surface area contributed by atoms with E-state index in [2.05, 4.69) is 19.2 Å². The Morgan fingerprint density at radius 2 is 1.90 bits per heavy atom. The predicted molar refractivity (Wildman–Crippen MR) is 86.8 cm³/mol. The Hall–Kier alpha value is -0.910. The lowest BCUT2D eigenvalue weighted by atomic mass is 9.75. The highest BCUT2D eigenvalue weighted by molar-refractivity contribution is 7.99. The number of carbonyl (C=O) groups is 2. The van der Waals surface area contributed by atoms with Crippen molar-refractivity contribution in [1.29, 1.82) is 0 Å². The van der Waals surface area contributed by atoms with E-state index < -0.39 is 11.4 Å². The van der Waals surface area contributed by atoms with E-state index in [1.807, 2.05) is 13.2 Å². The second kappa shape index (κ2) is 7.38. The number of rotatable bonds is 6. The third-order valence-electron chi connectivity index (χ3n) is 4.41. The number of hydrogen-bond donors (Lipinski definition) is 2. The third kappa shape index (κ3) is 4.80. The van der Waals surface area contributed by atoms with Crippen LogP contribution in [0.2, 0.25) is 0 Å². The van der Waals surface area contributed by atoms with Crippen LogP contribution >= 0.6 is 11.8 Å². The van der Waals surface area contributed by atoms with Gasteiger partial charge in [0.1, 0.15) is 0 Å². The predicted octanol–water partition coefficient (Wildman–Crippen LogP) is 2.80. The first kappa shape index (κ1) is 18.1. The molecule has 1 aliphatic heterocycles. The Bertz CT molecular complexity index is 377. The fraction of sp³-hybridized carbons (Fsp3) is 0.867. The Labute approximate surface area is 131 Å². The van der Waals surface area contributed by atoms with Gasteiger partial charge in [0.05, 0.1) is 5.41 Å². The first-order valence-electron chi connectivity index (χ1n) is 7.58. The normalized spacial score (nSPS) is 18.4. The maximum atomic E-state index is 12.2. The molecule has 1 aliphatic rings. The lowest BCUT2D eigenvalue weighted by Crippen LogP contribution is -2.51. The van der Waals surface area contributed by atoms with Gasteiger partial charge < -0.3 is 15.3 Å². The van der Waals surface area contributed by atoms with Crippen LogP contribution in [-0.4, -0.2) is 52.6 Å². The molecule has 0 aliphatic carbocycles. The molecule has 122 valence electrons. The summed E-state index contributed by atoms with van der Waals surface area (Å²) in [5.41, 5.74) is -0.635. The summed E-state index contributed by atoms with van der Waals surface area (Å²) in [4.78, 5) is 25.4. The number of nitrogens with one attached hydrogen (secondary N) is 1. The Kier molecular flexibility index (Phi) is 6.38. The molecule has 0 saturated carbocycles. The zero-order chi connectivity index (χ0) is 16.1. The van der Waals surface area contributed by atoms with Crippen LogP contribution in [0.15, 0.2) is 0 Å². The minimum absolute atomic E-state index is 0.0124. The van der Waals surface area contributed by atoms with Crippen molar-refractivity contribution < 1.29 is 14.7 Å². The van der Waals surface area contributed by atoms with Crippen LogP contribution in [0.25, 0.3) is 0 Å². The number of hydrogen-bond acceptors (Lipinski definition) is 3. The maximum Gasteiger partial charge on any atom is 0.317 e. The third-order valence-corrected chi connectivity index (χ3v) is 5.66. The molecule has 0 radical (unpaired) electrons. The molecule has 0 aromatic rings. The summed E-state index contributed by atoms with van der Waals surface area (Å²) < 4.78 is 0.0124. The van der Waals surface area contributed by atoms with E-state index in [0.29, 0.717) is 38.9 Å². The second-order valence-electron chi connectivity index (χ2n) is 6.45. The van der Waals surface area contributed by atoms with Crippen LogP contribution in [0.3, 0.4) is 0 Å². The van der Waals surface area contributed by atoms with Gasteiger partial charge in [0.15, 0.2) is 0 Å². The first-order chi connectivity index (χ1) is 9.76. The maximum absolute atomic E-state index is 12.2. The zero-order valence-corrected chi connectivity index (χ0v) is 14.4. The summed E-state index contributed by atoms with van der Waals surface area (Å²) in [6, 6.07) is -0.0763. The van der Waals surface area contributed by atoms with Crippen molar-refractivity contribution in [2.75, 3.05) is 25.9 Å². The molecule has 0 bridgehead atoms.